The van der Waals surface area contributed by atoms with Gasteiger partial charge < -0.3 is 5.11 Å². The van der Waals surface area contributed by atoms with Gasteiger partial charge in [-0.3, -0.25) is 4.98 Å². The van der Waals surface area contributed by atoms with E-state index < -0.39 is 0 Å². The van der Waals surface area contributed by atoms with Crippen LogP contribution in [0, 0.1) is 5.82 Å². The number of tetrazole rings is 1. The lowest BCUT2D eigenvalue weighted by molar-refractivity contribution is 0.262. The van der Waals surface area contributed by atoms with Crippen molar-refractivity contribution in [1.82, 2.24) is 25.2 Å². The van der Waals surface area contributed by atoms with Gasteiger partial charge in [0.1, 0.15) is 5.82 Å². The summed E-state index contributed by atoms with van der Waals surface area (Å²) in [5, 5.41) is 20.4. The van der Waals surface area contributed by atoms with Crippen molar-refractivity contribution in [3.8, 4) is 0 Å². The van der Waals surface area contributed by atoms with Crippen LogP contribution in [0.15, 0.2) is 23.6 Å². The molecule has 0 aromatic carbocycles. The fraction of sp³-hybridized carbons (Fsp3) is 0.333. The third kappa shape index (κ3) is 3.21. The summed E-state index contributed by atoms with van der Waals surface area (Å²) in [6.45, 7) is 0.316. The Bertz CT molecular complexity index is 492. The molecule has 0 unspecified atom stereocenters. The smallest absolute Gasteiger partial charge is 0.209 e. The van der Waals surface area contributed by atoms with E-state index in [4.69, 9.17) is 5.11 Å². The van der Waals surface area contributed by atoms with Crippen molar-refractivity contribution >= 4 is 11.8 Å². The first-order valence-electron chi connectivity index (χ1n) is 4.89. The van der Waals surface area contributed by atoms with Crippen LogP contribution >= 0.6 is 11.8 Å². The van der Waals surface area contributed by atoms with Crippen LogP contribution in [0.25, 0.3) is 0 Å². The number of hydrogen-bond donors (Lipinski definition) is 1. The number of rotatable bonds is 5. The number of aliphatic hydroxyl groups excluding tert-OH is 1. The molecule has 17 heavy (non-hydrogen) atoms. The third-order valence-corrected chi connectivity index (χ3v) is 2.97. The summed E-state index contributed by atoms with van der Waals surface area (Å²) in [5.41, 5.74) is 0.758. The molecule has 0 bridgehead atoms. The number of hydrogen-bond acceptors (Lipinski definition) is 6. The van der Waals surface area contributed by atoms with Crippen LogP contribution in [-0.2, 0) is 12.3 Å². The maximum absolute atomic E-state index is 12.9. The topological polar surface area (TPSA) is 76.7 Å². The Kier molecular flexibility index (Phi) is 3.99. The van der Waals surface area contributed by atoms with Gasteiger partial charge in [-0.25, -0.2) is 9.07 Å². The monoisotopic (exact) mass is 255 g/mol. The van der Waals surface area contributed by atoms with Gasteiger partial charge in [0.15, 0.2) is 0 Å². The van der Waals surface area contributed by atoms with Crippen LogP contribution < -0.4 is 0 Å². The van der Waals surface area contributed by atoms with Gasteiger partial charge in [-0.05, 0) is 22.1 Å². The van der Waals surface area contributed by atoms with Crippen molar-refractivity contribution in [3.05, 3.63) is 29.8 Å². The maximum atomic E-state index is 12.9. The van der Waals surface area contributed by atoms with E-state index in [0.29, 0.717) is 17.5 Å². The molecule has 1 N–H and O–H groups in total. The van der Waals surface area contributed by atoms with Crippen molar-refractivity contribution in [3.63, 3.8) is 0 Å². The summed E-state index contributed by atoms with van der Waals surface area (Å²) in [5.74, 6) is 0.161. The molecule has 2 heterocycles. The zero-order valence-corrected chi connectivity index (χ0v) is 9.64. The van der Waals surface area contributed by atoms with E-state index in [9.17, 15) is 4.39 Å². The van der Waals surface area contributed by atoms with E-state index in [2.05, 4.69) is 20.5 Å². The Labute approximate surface area is 101 Å². The molecular formula is C9H10FN5OS. The predicted octanol–water partition coefficient (Wildman–Crippen LogP) is 0.492. The second-order valence-electron chi connectivity index (χ2n) is 3.21. The Morgan fingerprint density at radius 3 is 3.06 bits per heavy atom. The van der Waals surface area contributed by atoms with E-state index >= 15 is 0 Å². The summed E-state index contributed by atoms with van der Waals surface area (Å²) in [4.78, 5) is 3.76. The van der Waals surface area contributed by atoms with Gasteiger partial charge in [0, 0.05) is 11.9 Å². The lowest BCUT2D eigenvalue weighted by atomic mass is 10.3. The highest BCUT2D eigenvalue weighted by Gasteiger charge is 2.06. The Morgan fingerprint density at radius 2 is 2.29 bits per heavy atom. The van der Waals surface area contributed by atoms with Crippen LogP contribution in [0.5, 0.6) is 0 Å². The largest absolute Gasteiger partial charge is 0.394 e. The molecule has 0 saturated carbocycles. The normalized spacial score (nSPS) is 10.7. The molecule has 0 atom stereocenters. The number of aliphatic hydroxyl groups is 1. The molecule has 2 aromatic heterocycles. The zero-order valence-electron chi connectivity index (χ0n) is 8.82. The van der Waals surface area contributed by atoms with Gasteiger partial charge >= 0.3 is 0 Å². The van der Waals surface area contributed by atoms with Crippen molar-refractivity contribution in [1.29, 1.82) is 0 Å². The second-order valence-corrected chi connectivity index (χ2v) is 4.15. The summed E-state index contributed by atoms with van der Waals surface area (Å²) in [6.07, 6.45) is 2.75. The summed E-state index contributed by atoms with van der Waals surface area (Å²) in [7, 11) is 0. The highest BCUT2D eigenvalue weighted by molar-refractivity contribution is 7.98. The van der Waals surface area contributed by atoms with Crippen LogP contribution in [-0.4, -0.2) is 36.9 Å². The van der Waals surface area contributed by atoms with E-state index in [1.165, 1.54) is 22.5 Å². The number of pyridine rings is 1. The van der Waals surface area contributed by atoms with E-state index in [-0.39, 0.29) is 12.4 Å². The SMILES string of the molecule is OCCn1nnnc1SCc1cncc(F)c1. The highest BCUT2D eigenvalue weighted by atomic mass is 32.2. The van der Waals surface area contributed by atoms with Gasteiger partial charge in [-0.1, -0.05) is 11.8 Å². The molecule has 0 aliphatic rings. The quantitative estimate of drug-likeness (QED) is 0.784. The minimum absolute atomic E-state index is 0.0277. The standard InChI is InChI=1S/C9H10FN5OS/c10-8-3-7(4-11-5-8)6-17-9-12-13-14-15(9)1-2-16/h3-5,16H,1-2,6H2. The van der Waals surface area contributed by atoms with Gasteiger partial charge in [0.2, 0.25) is 5.16 Å². The van der Waals surface area contributed by atoms with E-state index in [1.807, 2.05) is 0 Å². The van der Waals surface area contributed by atoms with Gasteiger partial charge in [0.05, 0.1) is 19.3 Å². The summed E-state index contributed by atoms with van der Waals surface area (Å²) in [6, 6.07) is 1.42. The molecule has 0 spiro atoms. The lowest BCUT2D eigenvalue weighted by Crippen LogP contribution is -2.05. The molecule has 90 valence electrons. The Balaban J connectivity index is 1.99. The maximum Gasteiger partial charge on any atom is 0.209 e. The van der Waals surface area contributed by atoms with E-state index in [1.54, 1.807) is 6.20 Å². The summed E-state index contributed by atoms with van der Waals surface area (Å²) >= 11 is 1.36. The zero-order chi connectivity index (χ0) is 12.1. The molecule has 0 fully saturated rings. The molecular weight excluding hydrogens is 245 g/mol. The lowest BCUT2D eigenvalue weighted by Gasteiger charge is -2.02. The average molecular weight is 255 g/mol. The number of halogens is 1. The Morgan fingerprint density at radius 1 is 1.41 bits per heavy atom. The molecule has 0 amide bonds. The first kappa shape index (κ1) is 11.9. The first-order chi connectivity index (χ1) is 8.29. The van der Waals surface area contributed by atoms with Crippen molar-refractivity contribution in [2.45, 2.75) is 17.5 Å². The third-order valence-electron chi connectivity index (χ3n) is 1.94. The van der Waals surface area contributed by atoms with Gasteiger partial charge in [-0.15, -0.1) is 5.10 Å². The molecule has 6 nitrogen and oxygen atoms in total. The van der Waals surface area contributed by atoms with Gasteiger partial charge in [0.25, 0.3) is 0 Å². The molecule has 0 radical (unpaired) electrons. The van der Waals surface area contributed by atoms with Crippen LogP contribution in [0.2, 0.25) is 0 Å². The van der Waals surface area contributed by atoms with Crippen molar-refractivity contribution in [2.24, 2.45) is 0 Å². The molecule has 8 heteroatoms. The average Bonchev–Trinajstić information content (AvgIpc) is 2.75. The predicted molar refractivity (Wildman–Crippen MR) is 58.7 cm³/mol. The minimum Gasteiger partial charge on any atom is -0.394 e. The molecule has 2 aromatic rings. The second kappa shape index (κ2) is 5.69. The summed E-state index contributed by atoms with van der Waals surface area (Å²) < 4.78 is 14.4. The van der Waals surface area contributed by atoms with Gasteiger partial charge in [-0.2, -0.15) is 0 Å². The van der Waals surface area contributed by atoms with Crippen LogP contribution in [0.3, 0.4) is 0 Å². The Hall–Kier alpha value is -1.54. The number of aromatic nitrogens is 5. The van der Waals surface area contributed by atoms with Crippen LogP contribution in [0.1, 0.15) is 5.56 Å². The fourth-order valence-electron chi connectivity index (χ4n) is 1.22. The number of thioether (sulfide) groups is 1. The van der Waals surface area contributed by atoms with E-state index in [0.717, 1.165) is 11.8 Å². The molecule has 0 aliphatic carbocycles. The molecule has 2 rings (SSSR count). The molecule has 0 aliphatic heterocycles. The van der Waals surface area contributed by atoms with Crippen molar-refractivity contribution < 1.29 is 9.50 Å². The van der Waals surface area contributed by atoms with Crippen molar-refractivity contribution in [2.75, 3.05) is 6.61 Å². The van der Waals surface area contributed by atoms with Crippen LogP contribution in [0.4, 0.5) is 4.39 Å². The molecule has 0 saturated heterocycles. The highest BCUT2D eigenvalue weighted by Crippen LogP contribution is 2.19. The minimum atomic E-state index is -0.363. The number of nitrogens with zero attached hydrogens (tertiary/aromatic N) is 5. The first-order valence-corrected chi connectivity index (χ1v) is 5.87. The fourth-order valence-corrected chi connectivity index (χ4v) is 2.04.